The number of H-pyrrole nitrogens is 1. The van der Waals surface area contributed by atoms with E-state index in [2.05, 4.69) is 21.0 Å². The fourth-order valence-electron chi connectivity index (χ4n) is 3.98. The molecule has 2 aromatic rings. The Morgan fingerprint density at radius 1 is 1.48 bits per heavy atom. The first-order valence-electron chi connectivity index (χ1n) is 7.46. The summed E-state index contributed by atoms with van der Waals surface area (Å²) in [5, 5.41) is 0. The summed E-state index contributed by atoms with van der Waals surface area (Å²) in [5.41, 5.74) is 2.40. The zero-order chi connectivity index (χ0) is 14.4. The second-order valence-electron chi connectivity index (χ2n) is 6.02. The van der Waals surface area contributed by atoms with Gasteiger partial charge in [0.2, 0.25) is 0 Å². The molecular weight excluding hydrogens is 264 g/mol. The van der Waals surface area contributed by atoms with Crippen LogP contribution in [0.4, 0.5) is 0 Å². The summed E-state index contributed by atoms with van der Waals surface area (Å²) >= 11 is 0. The number of nitrogens with zero attached hydrogens (tertiary/aromatic N) is 3. The number of aromatic amines is 1. The number of likely N-dealkylation sites (tertiary alicyclic amines) is 1. The van der Waals surface area contributed by atoms with Crippen LogP contribution in [0.1, 0.15) is 41.0 Å². The van der Waals surface area contributed by atoms with E-state index >= 15 is 0 Å². The van der Waals surface area contributed by atoms with Crippen molar-refractivity contribution in [2.75, 3.05) is 6.54 Å². The fraction of sp³-hybridized carbons (Fsp3) is 0.438. The zero-order valence-corrected chi connectivity index (χ0v) is 12.0. The van der Waals surface area contributed by atoms with Gasteiger partial charge in [0.25, 0.3) is 5.91 Å². The summed E-state index contributed by atoms with van der Waals surface area (Å²) in [6.45, 7) is 2.70. The van der Waals surface area contributed by atoms with Gasteiger partial charge in [-0.2, -0.15) is 0 Å². The molecule has 0 bridgehead atoms. The molecule has 2 aromatic heterocycles. The van der Waals surface area contributed by atoms with Crippen molar-refractivity contribution in [2.45, 2.75) is 31.7 Å². The molecule has 108 valence electrons. The van der Waals surface area contributed by atoms with Gasteiger partial charge in [0, 0.05) is 24.6 Å². The highest BCUT2D eigenvalue weighted by Gasteiger charge is 2.58. The Hall–Kier alpha value is -2.17. The molecule has 1 aliphatic carbocycles. The summed E-state index contributed by atoms with van der Waals surface area (Å²) in [7, 11) is 0. The standard InChI is InChI=1S/C16H18N4O/c1-11-14(19-10-18-11)15(21)20-8-5-12-4-6-16(12,20)13-3-2-7-17-9-13/h2-3,7,9-10,12H,4-6,8H2,1H3,(H,18,19)/t12-,16-/m0/s1. The maximum absolute atomic E-state index is 12.9. The number of amides is 1. The Balaban J connectivity index is 1.76. The van der Waals surface area contributed by atoms with E-state index in [4.69, 9.17) is 0 Å². The van der Waals surface area contributed by atoms with Gasteiger partial charge in [-0.25, -0.2) is 4.98 Å². The molecule has 1 saturated carbocycles. The topological polar surface area (TPSA) is 61.9 Å². The number of hydrogen-bond acceptors (Lipinski definition) is 3. The van der Waals surface area contributed by atoms with Crippen LogP contribution in [-0.2, 0) is 5.54 Å². The van der Waals surface area contributed by atoms with E-state index in [0.29, 0.717) is 11.6 Å². The number of pyridine rings is 1. The first-order valence-corrected chi connectivity index (χ1v) is 7.46. The van der Waals surface area contributed by atoms with Crippen molar-refractivity contribution < 1.29 is 4.79 Å². The van der Waals surface area contributed by atoms with E-state index in [1.54, 1.807) is 12.5 Å². The molecule has 5 heteroatoms. The number of nitrogens with one attached hydrogen (secondary N) is 1. The number of fused-ring (bicyclic) bond motifs is 1. The predicted molar refractivity (Wildman–Crippen MR) is 77.6 cm³/mol. The van der Waals surface area contributed by atoms with E-state index in [1.807, 2.05) is 24.1 Å². The van der Waals surface area contributed by atoms with Crippen LogP contribution < -0.4 is 0 Å². The van der Waals surface area contributed by atoms with Crippen molar-refractivity contribution in [1.82, 2.24) is 19.9 Å². The minimum atomic E-state index is -0.156. The molecular formula is C16H18N4O. The molecule has 2 fully saturated rings. The predicted octanol–water partition coefficient (Wildman–Crippen LogP) is 2.26. The highest BCUT2D eigenvalue weighted by Crippen LogP contribution is 2.57. The molecule has 4 rings (SSSR count). The largest absolute Gasteiger partial charge is 0.348 e. The van der Waals surface area contributed by atoms with E-state index in [-0.39, 0.29) is 11.4 Å². The van der Waals surface area contributed by atoms with Gasteiger partial charge in [0.1, 0.15) is 5.69 Å². The van der Waals surface area contributed by atoms with Crippen molar-refractivity contribution >= 4 is 5.91 Å². The summed E-state index contributed by atoms with van der Waals surface area (Å²) in [5.74, 6) is 0.602. The lowest BCUT2D eigenvalue weighted by molar-refractivity contribution is 0.0138. The molecule has 2 atom stereocenters. The highest BCUT2D eigenvalue weighted by atomic mass is 16.2. The van der Waals surface area contributed by atoms with Gasteiger partial charge in [-0.3, -0.25) is 9.78 Å². The van der Waals surface area contributed by atoms with Crippen LogP contribution in [0.5, 0.6) is 0 Å². The number of carbonyl (C=O) groups excluding carboxylic acids is 1. The Morgan fingerprint density at radius 2 is 2.38 bits per heavy atom. The SMILES string of the molecule is Cc1[nH]cnc1C(=O)N1CC[C@@H]2CC[C@@]21c1cccnc1. The molecule has 1 amide bonds. The van der Waals surface area contributed by atoms with Crippen LogP contribution in [0, 0.1) is 12.8 Å². The van der Waals surface area contributed by atoms with Crippen LogP contribution >= 0.6 is 0 Å². The van der Waals surface area contributed by atoms with Crippen molar-refractivity contribution in [3.63, 3.8) is 0 Å². The minimum Gasteiger partial charge on any atom is -0.348 e. The molecule has 0 unspecified atom stereocenters. The van der Waals surface area contributed by atoms with Gasteiger partial charge in [-0.05, 0) is 43.7 Å². The molecule has 0 spiro atoms. The Labute approximate surface area is 123 Å². The number of imidazole rings is 1. The number of carbonyl (C=O) groups is 1. The molecule has 1 saturated heterocycles. The third-order valence-corrected chi connectivity index (χ3v) is 5.17. The summed E-state index contributed by atoms with van der Waals surface area (Å²) < 4.78 is 0. The molecule has 3 heterocycles. The normalized spacial score (nSPS) is 27.3. The van der Waals surface area contributed by atoms with E-state index in [0.717, 1.165) is 25.1 Å². The average Bonchev–Trinajstić information content (AvgIpc) is 3.01. The van der Waals surface area contributed by atoms with Gasteiger partial charge in [0.05, 0.1) is 11.9 Å². The smallest absolute Gasteiger partial charge is 0.275 e. The molecule has 1 aliphatic heterocycles. The number of hydrogen-bond donors (Lipinski definition) is 1. The van der Waals surface area contributed by atoms with Crippen molar-refractivity contribution in [1.29, 1.82) is 0 Å². The van der Waals surface area contributed by atoms with Crippen LogP contribution in [0.25, 0.3) is 0 Å². The Bertz CT molecular complexity index is 681. The van der Waals surface area contributed by atoms with E-state index in [1.165, 1.54) is 12.0 Å². The van der Waals surface area contributed by atoms with Gasteiger partial charge in [0.15, 0.2) is 0 Å². The van der Waals surface area contributed by atoms with Crippen molar-refractivity contribution in [2.24, 2.45) is 5.92 Å². The Morgan fingerprint density at radius 3 is 3.00 bits per heavy atom. The monoisotopic (exact) mass is 282 g/mol. The molecule has 0 radical (unpaired) electrons. The van der Waals surface area contributed by atoms with E-state index in [9.17, 15) is 4.79 Å². The molecule has 2 aliphatic rings. The van der Waals surface area contributed by atoms with Gasteiger partial charge >= 0.3 is 0 Å². The van der Waals surface area contributed by atoms with Crippen molar-refractivity contribution in [3.8, 4) is 0 Å². The first-order chi connectivity index (χ1) is 10.2. The molecule has 0 aromatic carbocycles. The fourth-order valence-corrected chi connectivity index (χ4v) is 3.98. The average molecular weight is 282 g/mol. The molecule has 1 N–H and O–H groups in total. The maximum Gasteiger partial charge on any atom is 0.275 e. The highest BCUT2D eigenvalue weighted by molar-refractivity contribution is 5.94. The maximum atomic E-state index is 12.9. The number of rotatable bonds is 2. The lowest BCUT2D eigenvalue weighted by Crippen LogP contribution is -2.53. The van der Waals surface area contributed by atoms with Crippen LogP contribution in [0.3, 0.4) is 0 Å². The molecule has 21 heavy (non-hydrogen) atoms. The third-order valence-electron chi connectivity index (χ3n) is 5.17. The quantitative estimate of drug-likeness (QED) is 0.919. The van der Waals surface area contributed by atoms with E-state index < -0.39 is 0 Å². The minimum absolute atomic E-state index is 0.0415. The second kappa shape index (κ2) is 4.41. The first kappa shape index (κ1) is 12.6. The Kier molecular flexibility index (Phi) is 2.64. The lowest BCUT2D eigenvalue weighted by atomic mass is 9.64. The van der Waals surface area contributed by atoms with Crippen molar-refractivity contribution in [3.05, 3.63) is 47.8 Å². The van der Waals surface area contributed by atoms with Gasteiger partial charge < -0.3 is 9.88 Å². The second-order valence-corrected chi connectivity index (χ2v) is 6.02. The summed E-state index contributed by atoms with van der Waals surface area (Å²) in [6, 6.07) is 4.06. The van der Waals surface area contributed by atoms with Crippen LogP contribution in [-0.4, -0.2) is 32.3 Å². The zero-order valence-electron chi connectivity index (χ0n) is 12.0. The lowest BCUT2D eigenvalue weighted by Gasteiger charge is -2.50. The van der Waals surface area contributed by atoms with Crippen LogP contribution in [0.15, 0.2) is 30.9 Å². The van der Waals surface area contributed by atoms with Gasteiger partial charge in [-0.15, -0.1) is 0 Å². The summed E-state index contributed by atoms with van der Waals surface area (Å²) in [6.07, 6.45) is 8.58. The number of aromatic nitrogens is 3. The summed E-state index contributed by atoms with van der Waals surface area (Å²) in [4.78, 5) is 26.4. The number of aryl methyl sites for hydroxylation is 1. The van der Waals surface area contributed by atoms with Crippen LogP contribution in [0.2, 0.25) is 0 Å². The van der Waals surface area contributed by atoms with Gasteiger partial charge in [-0.1, -0.05) is 6.07 Å². The molecule has 5 nitrogen and oxygen atoms in total. The third kappa shape index (κ3) is 1.60.